The van der Waals surface area contributed by atoms with E-state index in [2.05, 4.69) is 10.6 Å². The number of nitrogens with one attached hydrogen (secondary N) is 2. The number of aliphatic hydroxyl groups excluding tert-OH is 1. The molecule has 3 N–H and O–H groups in total. The van der Waals surface area contributed by atoms with Gasteiger partial charge in [-0.15, -0.1) is 0 Å². The van der Waals surface area contributed by atoms with Gasteiger partial charge in [0.25, 0.3) is 0 Å². The number of rotatable bonds is 4. The number of benzene rings is 2. The van der Waals surface area contributed by atoms with E-state index < -0.39 is 23.8 Å². The number of halogens is 2. The van der Waals surface area contributed by atoms with Gasteiger partial charge in [-0.1, -0.05) is 29.8 Å². The zero-order valence-electron chi connectivity index (χ0n) is 11.9. The first kappa shape index (κ1) is 15.9. The third-order valence-corrected chi connectivity index (χ3v) is 3.09. The van der Waals surface area contributed by atoms with Crippen LogP contribution in [0.3, 0.4) is 0 Å². The molecule has 0 aromatic heterocycles. The highest BCUT2D eigenvalue weighted by molar-refractivity contribution is 5.89. The summed E-state index contributed by atoms with van der Waals surface area (Å²) in [5, 5.41) is 14.5. The summed E-state index contributed by atoms with van der Waals surface area (Å²) in [5.41, 5.74) is 1.45. The van der Waals surface area contributed by atoms with E-state index in [9.17, 15) is 18.7 Å². The molecular formula is C16H16F2N2O2. The molecule has 1 atom stereocenters. The minimum absolute atomic E-state index is 0.0498. The Morgan fingerprint density at radius 3 is 2.55 bits per heavy atom. The molecule has 0 saturated heterocycles. The quantitative estimate of drug-likeness (QED) is 0.812. The number of amides is 2. The van der Waals surface area contributed by atoms with Crippen molar-refractivity contribution in [3.63, 3.8) is 0 Å². The first-order chi connectivity index (χ1) is 10.5. The molecule has 2 aromatic rings. The predicted molar refractivity (Wildman–Crippen MR) is 79.5 cm³/mol. The second-order valence-electron chi connectivity index (χ2n) is 4.89. The molecule has 2 amide bonds. The van der Waals surface area contributed by atoms with Crippen LogP contribution in [-0.2, 0) is 0 Å². The Morgan fingerprint density at radius 1 is 1.18 bits per heavy atom. The van der Waals surface area contributed by atoms with Crippen molar-refractivity contribution < 1.29 is 18.7 Å². The average molecular weight is 306 g/mol. The first-order valence-electron chi connectivity index (χ1n) is 6.70. The fraction of sp³-hybridized carbons (Fsp3) is 0.188. The van der Waals surface area contributed by atoms with Crippen LogP contribution in [0.5, 0.6) is 0 Å². The van der Waals surface area contributed by atoms with E-state index in [1.165, 1.54) is 0 Å². The van der Waals surface area contributed by atoms with Gasteiger partial charge < -0.3 is 15.7 Å². The average Bonchev–Trinajstić information content (AvgIpc) is 2.49. The first-order valence-corrected chi connectivity index (χ1v) is 6.70. The highest BCUT2D eigenvalue weighted by atomic mass is 19.1. The van der Waals surface area contributed by atoms with Gasteiger partial charge in [-0.2, -0.15) is 0 Å². The van der Waals surface area contributed by atoms with Crippen molar-refractivity contribution in [3.8, 4) is 0 Å². The van der Waals surface area contributed by atoms with E-state index in [0.717, 1.165) is 23.8 Å². The normalized spacial score (nSPS) is 11.8. The van der Waals surface area contributed by atoms with Gasteiger partial charge in [0.05, 0.1) is 11.8 Å². The van der Waals surface area contributed by atoms with Crippen LogP contribution in [-0.4, -0.2) is 17.7 Å². The fourth-order valence-corrected chi connectivity index (χ4v) is 1.86. The highest BCUT2D eigenvalue weighted by Gasteiger charge is 2.11. The van der Waals surface area contributed by atoms with E-state index >= 15 is 0 Å². The van der Waals surface area contributed by atoms with Gasteiger partial charge in [0.2, 0.25) is 0 Å². The summed E-state index contributed by atoms with van der Waals surface area (Å²) in [5.74, 6) is -1.40. The minimum Gasteiger partial charge on any atom is -0.387 e. The number of hydrogen-bond acceptors (Lipinski definition) is 2. The van der Waals surface area contributed by atoms with Crippen LogP contribution in [0, 0.1) is 18.6 Å². The largest absolute Gasteiger partial charge is 0.387 e. The summed E-state index contributed by atoms with van der Waals surface area (Å²) in [4.78, 5) is 11.6. The molecule has 0 aliphatic rings. The predicted octanol–water partition coefficient (Wildman–Crippen LogP) is 3.13. The van der Waals surface area contributed by atoms with Crippen molar-refractivity contribution >= 4 is 11.7 Å². The van der Waals surface area contributed by atoms with Crippen molar-refractivity contribution in [2.45, 2.75) is 13.0 Å². The Bertz CT molecular complexity index is 660. The number of carbonyl (C=O) groups is 1. The molecule has 116 valence electrons. The highest BCUT2D eigenvalue weighted by Crippen LogP contribution is 2.15. The lowest BCUT2D eigenvalue weighted by Crippen LogP contribution is -2.32. The summed E-state index contributed by atoms with van der Waals surface area (Å²) in [6, 6.07) is 9.24. The van der Waals surface area contributed by atoms with Gasteiger partial charge in [-0.25, -0.2) is 13.6 Å². The molecule has 22 heavy (non-hydrogen) atoms. The third-order valence-electron chi connectivity index (χ3n) is 3.09. The number of urea groups is 1. The molecule has 0 fully saturated rings. The molecule has 2 rings (SSSR count). The molecule has 0 unspecified atom stereocenters. The van der Waals surface area contributed by atoms with E-state index in [1.807, 2.05) is 19.1 Å². The number of carbonyl (C=O) groups excluding carboxylic acids is 1. The number of aliphatic hydroxyl groups is 1. The fourth-order valence-electron chi connectivity index (χ4n) is 1.86. The van der Waals surface area contributed by atoms with E-state index in [1.54, 1.807) is 12.1 Å². The lowest BCUT2D eigenvalue weighted by molar-refractivity contribution is 0.175. The summed E-state index contributed by atoms with van der Waals surface area (Å²) in [6.45, 7) is 1.88. The molecule has 0 heterocycles. The van der Waals surface area contributed by atoms with Gasteiger partial charge in [0.15, 0.2) is 0 Å². The summed E-state index contributed by atoms with van der Waals surface area (Å²) >= 11 is 0. The van der Waals surface area contributed by atoms with Gasteiger partial charge in [-0.3, -0.25) is 0 Å². The van der Waals surface area contributed by atoms with Gasteiger partial charge in [-0.05, 0) is 24.6 Å². The van der Waals surface area contributed by atoms with Crippen molar-refractivity contribution in [1.29, 1.82) is 0 Å². The van der Waals surface area contributed by atoms with Crippen LogP contribution in [0.2, 0.25) is 0 Å². The monoisotopic (exact) mass is 306 g/mol. The second-order valence-corrected chi connectivity index (χ2v) is 4.89. The van der Waals surface area contributed by atoms with Crippen LogP contribution in [0.15, 0.2) is 42.5 Å². The maximum absolute atomic E-state index is 13.4. The van der Waals surface area contributed by atoms with Crippen molar-refractivity contribution in [1.82, 2.24) is 5.32 Å². The second kappa shape index (κ2) is 7.00. The van der Waals surface area contributed by atoms with Crippen LogP contribution in [0.1, 0.15) is 17.2 Å². The van der Waals surface area contributed by atoms with Crippen LogP contribution < -0.4 is 10.6 Å². The van der Waals surface area contributed by atoms with E-state index in [-0.39, 0.29) is 12.2 Å². The molecule has 0 aliphatic carbocycles. The Morgan fingerprint density at radius 2 is 1.86 bits per heavy atom. The number of hydrogen-bond donors (Lipinski definition) is 3. The molecule has 6 heteroatoms. The summed E-state index contributed by atoms with van der Waals surface area (Å²) in [6.07, 6.45) is -0.885. The van der Waals surface area contributed by atoms with Crippen molar-refractivity contribution in [2.75, 3.05) is 11.9 Å². The number of anilines is 1. The Balaban J connectivity index is 1.89. The Labute approximate surface area is 126 Å². The molecule has 4 nitrogen and oxygen atoms in total. The van der Waals surface area contributed by atoms with Crippen LogP contribution in [0.25, 0.3) is 0 Å². The molecule has 0 saturated carbocycles. The smallest absolute Gasteiger partial charge is 0.319 e. The maximum Gasteiger partial charge on any atom is 0.319 e. The lowest BCUT2D eigenvalue weighted by Gasteiger charge is -2.13. The lowest BCUT2D eigenvalue weighted by atomic mass is 10.1. The third kappa shape index (κ3) is 4.26. The van der Waals surface area contributed by atoms with Gasteiger partial charge in [0, 0.05) is 12.6 Å². The standard InChI is InChI=1S/C16H16F2N2O2/c1-10-2-4-11(5-3-10)15(21)9-19-16(22)20-14-8-12(17)6-7-13(14)18/h2-8,15,21H,9H2,1H3,(H2,19,20,22)/t15-/m0/s1. The minimum atomic E-state index is -0.885. The van der Waals surface area contributed by atoms with Crippen molar-refractivity contribution in [2.24, 2.45) is 0 Å². The molecular weight excluding hydrogens is 290 g/mol. The zero-order chi connectivity index (χ0) is 16.1. The summed E-state index contributed by atoms with van der Waals surface area (Å²) in [7, 11) is 0. The molecule has 0 aliphatic heterocycles. The van der Waals surface area contributed by atoms with Crippen LogP contribution >= 0.6 is 0 Å². The van der Waals surface area contributed by atoms with Crippen LogP contribution in [0.4, 0.5) is 19.3 Å². The topological polar surface area (TPSA) is 61.4 Å². The zero-order valence-corrected chi connectivity index (χ0v) is 11.9. The number of aryl methyl sites for hydroxylation is 1. The molecule has 0 radical (unpaired) electrons. The maximum atomic E-state index is 13.4. The summed E-state index contributed by atoms with van der Waals surface area (Å²) < 4.78 is 26.4. The van der Waals surface area contributed by atoms with Gasteiger partial charge in [0.1, 0.15) is 11.6 Å². The SMILES string of the molecule is Cc1ccc([C@@H](O)CNC(=O)Nc2cc(F)ccc2F)cc1. The van der Waals surface area contributed by atoms with Crippen molar-refractivity contribution in [3.05, 3.63) is 65.2 Å². The Kier molecular flexibility index (Phi) is 5.06. The molecule has 0 bridgehead atoms. The Hall–Kier alpha value is -2.47. The molecule has 0 spiro atoms. The van der Waals surface area contributed by atoms with E-state index in [4.69, 9.17) is 0 Å². The molecule has 2 aromatic carbocycles. The van der Waals surface area contributed by atoms with Gasteiger partial charge >= 0.3 is 6.03 Å². The van der Waals surface area contributed by atoms with E-state index in [0.29, 0.717) is 5.56 Å².